The number of H-pyrrole nitrogens is 1. The molecule has 1 saturated heterocycles. The Bertz CT molecular complexity index is 777. The van der Waals surface area contributed by atoms with E-state index in [0.717, 1.165) is 0 Å². The highest BCUT2D eigenvalue weighted by atomic mass is 19.3. The zero-order valence-corrected chi connectivity index (χ0v) is 12.6. The molecule has 1 aliphatic rings. The first-order chi connectivity index (χ1) is 11.4. The van der Waals surface area contributed by atoms with Crippen molar-refractivity contribution in [2.45, 2.75) is 19.3 Å². The van der Waals surface area contributed by atoms with Crippen LogP contribution in [0.4, 0.5) is 19.3 Å². The van der Waals surface area contributed by atoms with Gasteiger partial charge in [0.2, 0.25) is 0 Å². The van der Waals surface area contributed by atoms with Gasteiger partial charge < -0.3 is 20.3 Å². The van der Waals surface area contributed by atoms with Crippen molar-refractivity contribution in [1.29, 1.82) is 0 Å². The number of aromatic amines is 1. The van der Waals surface area contributed by atoms with Crippen molar-refractivity contribution in [2.24, 2.45) is 5.92 Å². The van der Waals surface area contributed by atoms with Crippen molar-refractivity contribution in [3.05, 3.63) is 24.0 Å². The van der Waals surface area contributed by atoms with E-state index in [1.807, 2.05) is 0 Å². The summed E-state index contributed by atoms with van der Waals surface area (Å²) in [5.41, 5.74) is 1.20. The number of nitrogens with one attached hydrogen (secondary N) is 2. The van der Waals surface area contributed by atoms with E-state index in [0.29, 0.717) is 36.1 Å². The number of benzene rings is 1. The van der Waals surface area contributed by atoms with Crippen LogP contribution in [-0.4, -0.2) is 45.1 Å². The summed E-state index contributed by atoms with van der Waals surface area (Å²) in [6, 6.07) is 4.21. The number of aliphatic carboxylic acids is 1. The summed E-state index contributed by atoms with van der Waals surface area (Å²) < 4.78 is 25.3. The first kappa shape index (κ1) is 16.2. The van der Waals surface area contributed by atoms with Gasteiger partial charge in [-0.25, -0.2) is 18.6 Å². The molecular weight excluding hydrogens is 322 g/mol. The molecule has 2 heterocycles. The number of urea groups is 1. The second-order valence-corrected chi connectivity index (χ2v) is 5.71. The topological polar surface area (TPSA) is 98.3 Å². The van der Waals surface area contributed by atoms with Gasteiger partial charge in [-0.15, -0.1) is 0 Å². The SMILES string of the molecule is O=C(O)C1CCCN(C(=O)Nc2ccc3nc(C(F)F)[nH]c3c2)C1. The number of imidazole rings is 1. The molecule has 24 heavy (non-hydrogen) atoms. The third-order valence-electron chi connectivity index (χ3n) is 4.02. The number of anilines is 1. The number of hydrogen-bond acceptors (Lipinski definition) is 3. The fraction of sp³-hybridized carbons (Fsp3) is 0.400. The Hall–Kier alpha value is -2.71. The van der Waals surface area contributed by atoms with Crippen LogP contribution >= 0.6 is 0 Å². The molecule has 1 fully saturated rings. The average molecular weight is 338 g/mol. The van der Waals surface area contributed by atoms with E-state index in [4.69, 9.17) is 5.11 Å². The largest absolute Gasteiger partial charge is 0.481 e. The van der Waals surface area contributed by atoms with Gasteiger partial charge in [-0.3, -0.25) is 4.79 Å². The number of carbonyl (C=O) groups excluding carboxylic acids is 1. The van der Waals surface area contributed by atoms with Crippen molar-refractivity contribution in [2.75, 3.05) is 18.4 Å². The summed E-state index contributed by atoms with van der Waals surface area (Å²) in [6.07, 6.45) is -1.52. The number of piperidine rings is 1. The molecule has 2 amide bonds. The van der Waals surface area contributed by atoms with Crippen LogP contribution in [0.15, 0.2) is 18.2 Å². The lowest BCUT2D eigenvalue weighted by Crippen LogP contribution is -2.44. The molecule has 1 aromatic carbocycles. The Morgan fingerprint density at radius 3 is 2.92 bits per heavy atom. The van der Waals surface area contributed by atoms with Crippen LogP contribution in [-0.2, 0) is 4.79 Å². The van der Waals surface area contributed by atoms with E-state index in [1.54, 1.807) is 6.07 Å². The highest BCUT2D eigenvalue weighted by Gasteiger charge is 2.28. The summed E-state index contributed by atoms with van der Waals surface area (Å²) in [7, 11) is 0. The minimum absolute atomic E-state index is 0.156. The number of carboxylic acids is 1. The number of aromatic nitrogens is 2. The van der Waals surface area contributed by atoms with Gasteiger partial charge in [0.05, 0.1) is 17.0 Å². The first-order valence-corrected chi connectivity index (χ1v) is 7.50. The predicted octanol–water partition coefficient (Wildman–Crippen LogP) is 2.83. The zero-order valence-electron chi connectivity index (χ0n) is 12.6. The second kappa shape index (κ2) is 6.42. The van der Waals surface area contributed by atoms with Crippen LogP contribution in [0.3, 0.4) is 0 Å². The maximum Gasteiger partial charge on any atom is 0.321 e. The number of likely N-dealkylation sites (tertiary alicyclic amines) is 1. The molecule has 1 aliphatic heterocycles. The predicted molar refractivity (Wildman–Crippen MR) is 82.0 cm³/mol. The van der Waals surface area contributed by atoms with Crippen LogP contribution in [0.1, 0.15) is 25.1 Å². The number of alkyl halides is 2. The van der Waals surface area contributed by atoms with Gasteiger partial charge in [-0.2, -0.15) is 0 Å². The van der Waals surface area contributed by atoms with Gasteiger partial charge in [-0.05, 0) is 31.0 Å². The maximum absolute atomic E-state index is 12.6. The smallest absolute Gasteiger partial charge is 0.321 e. The molecule has 3 N–H and O–H groups in total. The van der Waals surface area contributed by atoms with Gasteiger partial charge in [0.25, 0.3) is 6.43 Å². The lowest BCUT2D eigenvalue weighted by molar-refractivity contribution is -0.143. The van der Waals surface area contributed by atoms with Crippen molar-refractivity contribution >= 4 is 28.7 Å². The van der Waals surface area contributed by atoms with Crippen LogP contribution in [0, 0.1) is 5.92 Å². The van der Waals surface area contributed by atoms with Gasteiger partial charge in [0, 0.05) is 18.8 Å². The molecular formula is C15H16F2N4O3. The molecule has 1 unspecified atom stereocenters. The van der Waals surface area contributed by atoms with Crippen LogP contribution in [0.25, 0.3) is 11.0 Å². The third-order valence-corrected chi connectivity index (χ3v) is 4.02. The fourth-order valence-corrected chi connectivity index (χ4v) is 2.78. The third kappa shape index (κ3) is 3.29. The van der Waals surface area contributed by atoms with Crippen molar-refractivity contribution in [3.8, 4) is 0 Å². The van der Waals surface area contributed by atoms with Gasteiger partial charge >= 0.3 is 12.0 Å². The molecule has 1 aromatic heterocycles. The monoisotopic (exact) mass is 338 g/mol. The van der Waals surface area contributed by atoms with E-state index >= 15 is 0 Å². The van der Waals surface area contributed by atoms with Gasteiger partial charge in [0.1, 0.15) is 0 Å². The van der Waals surface area contributed by atoms with E-state index in [2.05, 4.69) is 15.3 Å². The van der Waals surface area contributed by atoms with Crippen LogP contribution in [0.2, 0.25) is 0 Å². The molecule has 3 rings (SSSR count). The molecule has 2 aromatic rings. The summed E-state index contributed by atoms with van der Waals surface area (Å²) in [5, 5.41) is 11.7. The summed E-state index contributed by atoms with van der Waals surface area (Å²) in [6.45, 7) is 0.639. The molecule has 0 radical (unpaired) electrons. The number of carboxylic acid groups (broad SMARTS) is 1. The number of hydrogen-bond donors (Lipinski definition) is 3. The van der Waals surface area contributed by atoms with E-state index < -0.39 is 30.2 Å². The molecule has 0 spiro atoms. The Morgan fingerprint density at radius 2 is 2.21 bits per heavy atom. The first-order valence-electron chi connectivity index (χ1n) is 7.50. The Kier molecular flexibility index (Phi) is 4.32. The standard InChI is InChI=1S/C15H16F2N4O3/c16-12(17)13-19-10-4-3-9(6-11(10)20-13)18-15(24)21-5-1-2-8(7-21)14(22)23/h3-4,6,8,12H,1-2,5,7H2,(H,18,24)(H,19,20)(H,22,23). The lowest BCUT2D eigenvalue weighted by Gasteiger charge is -2.30. The molecule has 0 bridgehead atoms. The highest BCUT2D eigenvalue weighted by Crippen LogP contribution is 2.23. The quantitative estimate of drug-likeness (QED) is 0.801. The molecule has 0 aliphatic carbocycles. The minimum Gasteiger partial charge on any atom is -0.481 e. The molecule has 9 heteroatoms. The highest BCUT2D eigenvalue weighted by molar-refractivity contribution is 5.92. The van der Waals surface area contributed by atoms with Crippen LogP contribution < -0.4 is 5.32 Å². The summed E-state index contributed by atoms with van der Waals surface area (Å²) in [4.78, 5) is 31.0. The number of fused-ring (bicyclic) bond motifs is 1. The molecule has 1 atom stereocenters. The van der Waals surface area contributed by atoms with E-state index in [9.17, 15) is 18.4 Å². The number of rotatable bonds is 3. The Labute approximate surface area is 135 Å². The number of nitrogens with zero attached hydrogens (tertiary/aromatic N) is 2. The molecule has 0 saturated carbocycles. The summed E-state index contributed by atoms with van der Waals surface area (Å²) in [5.74, 6) is -1.90. The van der Waals surface area contributed by atoms with Crippen LogP contribution in [0.5, 0.6) is 0 Å². The Morgan fingerprint density at radius 1 is 1.42 bits per heavy atom. The normalized spacial score (nSPS) is 18.1. The number of amides is 2. The second-order valence-electron chi connectivity index (χ2n) is 5.71. The molecule has 7 nitrogen and oxygen atoms in total. The number of halogens is 2. The Balaban J connectivity index is 1.72. The minimum atomic E-state index is -2.70. The average Bonchev–Trinajstić information content (AvgIpc) is 2.98. The van der Waals surface area contributed by atoms with Crippen molar-refractivity contribution < 1.29 is 23.5 Å². The molecule has 128 valence electrons. The van der Waals surface area contributed by atoms with Gasteiger partial charge in [0.15, 0.2) is 5.82 Å². The van der Waals surface area contributed by atoms with E-state index in [1.165, 1.54) is 17.0 Å². The van der Waals surface area contributed by atoms with Crippen molar-refractivity contribution in [3.63, 3.8) is 0 Å². The fourth-order valence-electron chi connectivity index (χ4n) is 2.78. The lowest BCUT2D eigenvalue weighted by atomic mass is 9.99. The number of carbonyl (C=O) groups is 2. The van der Waals surface area contributed by atoms with Crippen molar-refractivity contribution in [1.82, 2.24) is 14.9 Å². The maximum atomic E-state index is 12.6. The zero-order chi connectivity index (χ0) is 17.3. The van der Waals surface area contributed by atoms with Gasteiger partial charge in [-0.1, -0.05) is 0 Å². The van der Waals surface area contributed by atoms with E-state index in [-0.39, 0.29) is 6.54 Å². The summed E-state index contributed by atoms with van der Waals surface area (Å²) >= 11 is 0.